The van der Waals surface area contributed by atoms with Gasteiger partial charge in [-0.3, -0.25) is 0 Å². The van der Waals surface area contributed by atoms with Crippen molar-refractivity contribution in [2.24, 2.45) is 0 Å². The minimum atomic E-state index is -3.02. The summed E-state index contributed by atoms with van der Waals surface area (Å²) in [6, 6.07) is 0.143. The highest BCUT2D eigenvalue weighted by atomic mass is 32.2. The summed E-state index contributed by atoms with van der Waals surface area (Å²) < 4.78 is 25.4. The second-order valence-electron chi connectivity index (χ2n) is 3.65. The first-order chi connectivity index (χ1) is 6.55. The highest BCUT2D eigenvalue weighted by Crippen LogP contribution is 2.08. The Bertz CT molecular complexity index is 224. The normalized spacial score (nSPS) is 14.2. The van der Waals surface area contributed by atoms with E-state index < -0.39 is 10.0 Å². The van der Waals surface area contributed by atoms with E-state index in [0.717, 1.165) is 32.1 Å². The molecule has 0 saturated heterocycles. The minimum Gasteiger partial charge on any atom is -0.212 e. The zero-order chi connectivity index (χ0) is 11.0. The van der Waals surface area contributed by atoms with Gasteiger partial charge in [0.25, 0.3) is 0 Å². The maximum absolute atomic E-state index is 11.3. The van der Waals surface area contributed by atoms with Gasteiger partial charge in [0, 0.05) is 6.04 Å². The van der Waals surface area contributed by atoms with E-state index in [9.17, 15) is 8.42 Å². The Labute approximate surface area is 88.3 Å². The van der Waals surface area contributed by atoms with Crippen molar-refractivity contribution in [3.63, 3.8) is 0 Å². The van der Waals surface area contributed by atoms with Crippen LogP contribution in [-0.2, 0) is 10.0 Å². The molecule has 86 valence electrons. The van der Waals surface area contributed by atoms with Crippen molar-refractivity contribution in [3.8, 4) is 0 Å². The topological polar surface area (TPSA) is 46.2 Å². The average molecular weight is 221 g/mol. The molecule has 0 amide bonds. The third-order valence-corrected chi connectivity index (χ3v) is 3.72. The van der Waals surface area contributed by atoms with Gasteiger partial charge in [-0.05, 0) is 19.8 Å². The van der Waals surface area contributed by atoms with Crippen LogP contribution in [0.15, 0.2) is 0 Å². The third kappa shape index (κ3) is 6.38. The SMILES string of the molecule is CCCCC(CCC)NS(=O)(=O)CC. The lowest BCUT2D eigenvalue weighted by Gasteiger charge is -2.16. The number of nitrogens with one attached hydrogen (secondary N) is 1. The summed E-state index contributed by atoms with van der Waals surface area (Å²) in [6.07, 6.45) is 5.15. The molecule has 1 atom stereocenters. The van der Waals surface area contributed by atoms with Gasteiger partial charge < -0.3 is 0 Å². The van der Waals surface area contributed by atoms with Crippen molar-refractivity contribution < 1.29 is 8.42 Å². The van der Waals surface area contributed by atoms with Gasteiger partial charge in [0.05, 0.1) is 5.75 Å². The van der Waals surface area contributed by atoms with Gasteiger partial charge in [0.1, 0.15) is 0 Å². The quantitative estimate of drug-likeness (QED) is 0.683. The van der Waals surface area contributed by atoms with Crippen LogP contribution in [0.25, 0.3) is 0 Å². The lowest BCUT2D eigenvalue weighted by atomic mass is 10.1. The molecule has 3 nitrogen and oxygen atoms in total. The van der Waals surface area contributed by atoms with E-state index in [2.05, 4.69) is 18.6 Å². The van der Waals surface area contributed by atoms with Crippen LogP contribution in [0.4, 0.5) is 0 Å². The lowest BCUT2D eigenvalue weighted by molar-refractivity contribution is 0.484. The summed E-state index contributed by atoms with van der Waals surface area (Å²) in [5.74, 6) is 0.180. The van der Waals surface area contributed by atoms with E-state index in [1.165, 1.54) is 0 Å². The summed E-state index contributed by atoms with van der Waals surface area (Å²) in [6.45, 7) is 5.88. The summed E-state index contributed by atoms with van der Waals surface area (Å²) in [7, 11) is -3.02. The maximum atomic E-state index is 11.3. The molecule has 0 aromatic heterocycles. The molecular formula is C10H23NO2S. The molecule has 0 radical (unpaired) electrons. The van der Waals surface area contributed by atoms with E-state index in [1.807, 2.05) is 0 Å². The monoisotopic (exact) mass is 221 g/mol. The summed E-state index contributed by atoms with van der Waals surface area (Å²) >= 11 is 0. The lowest BCUT2D eigenvalue weighted by Crippen LogP contribution is -2.35. The van der Waals surface area contributed by atoms with Crippen molar-refractivity contribution >= 4 is 10.0 Å². The fraction of sp³-hybridized carbons (Fsp3) is 1.00. The van der Waals surface area contributed by atoms with Gasteiger partial charge in [-0.2, -0.15) is 0 Å². The Kier molecular flexibility index (Phi) is 7.19. The molecule has 0 rings (SSSR count). The first kappa shape index (κ1) is 13.9. The molecule has 0 spiro atoms. The van der Waals surface area contributed by atoms with E-state index in [1.54, 1.807) is 6.92 Å². The predicted molar refractivity (Wildman–Crippen MR) is 60.8 cm³/mol. The van der Waals surface area contributed by atoms with Crippen LogP contribution in [0.1, 0.15) is 52.9 Å². The highest BCUT2D eigenvalue weighted by Gasteiger charge is 2.14. The number of rotatable bonds is 8. The number of hydrogen-bond donors (Lipinski definition) is 1. The molecule has 0 bridgehead atoms. The Hall–Kier alpha value is -0.0900. The first-order valence-electron chi connectivity index (χ1n) is 5.55. The largest absolute Gasteiger partial charge is 0.212 e. The Morgan fingerprint density at radius 2 is 1.71 bits per heavy atom. The molecule has 0 heterocycles. The van der Waals surface area contributed by atoms with Gasteiger partial charge in [-0.1, -0.05) is 33.1 Å². The van der Waals surface area contributed by atoms with Crippen LogP contribution in [0, 0.1) is 0 Å². The molecule has 0 aromatic carbocycles. The second-order valence-corrected chi connectivity index (χ2v) is 5.69. The number of hydrogen-bond acceptors (Lipinski definition) is 2. The Balaban J connectivity index is 4.08. The molecule has 0 fully saturated rings. The van der Waals surface area contributed by atoms with Crippen molar-refractivity contribution in [1.29, 1.82) is 0 Å². The van der Waals surface area contributed by atoms with Crippen molar-refractivity contribution in [1.82, 2.24) is 4.72 Å². The van der Waals surface area contributed by atoms with Gasteiger partial charge >= 0.3 is 0 Å². The summed E-state index contributed by atoms with van der Waals surface area (Å²) in [5, 5.41) is 0. The van der Waals surface area contributed by atoms with Gasteiger partial charge in [-0.15, -0.1) is 0 Å². The highest BCUT2D eigenvalue weighted by molar-refractivity contribution is 7.89. The molecule has 0 saturated carbocycles. The van der Waals surface area contributed by atoms with Gasteiger partial charge in [0.15, 0.2) is 0 Å². The van der Waals surface area contributed by atoms with E-state index in [0.29, 0.717) is 0 Å². The van der Waals surface area contributed by atoms with Crippen molar-refractivity contribution in [2.75, 3.05) is 5.75 Å². The van der Waals surface area contributed by atoms with Crippen LogP contribution >= 0.6 is 0 Å². The van der Waals surface area contributed by atoms with Crippen LogP contribution in [0.3, 0.4) is 0 Å². The smallest absolute Gasteiger partial charge is 0.211 e. The average Bonchev–Trinajstić information content (AvgIpc) is 2.14. The first-order valence-corrected chi connectivity index (χ1v) is 7.20. The van der Waals surface area contributed by atoms with Crippen LogP contribution in [0.5, 0.6) is 0 Å². The Morgan fingerprint density at radius 1 is 1.07 bits per heavy atom. The van der Waals surface area contributed by atoms with Crippen LogP contribution < -0.4 is 4.72 Å². The van der Waals surface area contributed by atoms with E-state index in [4.69, 9.17) is 0 Å². The van der Waals surface area contributed by atoms with Crippen molar-refractivity contribution in [2.45, 2.75) is 58.9 Å². The number of sulfonamides is 1. The third-order valence-electron chi connectivity index (χ3n) is 2.27. The maximum Gasteiger partial charge on any atom is 0.211 e. The molecule has 0 aliphatic rings. The molecule has 14 heavy (non-hydrogen) atoms. The van der Waals surface area contributed by atoms with Crippen LogP contribution in [-0.4, -0.2) is 20.2 Å². The van der Waals surface area contributed by atoms with Gasteiger partial charge in [0.2, 0.25) is 10.0 Å². The predicted octanol–water partition coefficient (Wildman–Crippen LogP) is 2.28. The molecule has 0 aliphatic carbocycles. The fourth-order valence-electron chi connectivity index (χ4n) is 1.40. The zero-order valence-corrected chi connectivity index (χ0v) is 10.4. The minimum absolute atomic E-state index is 0.143. The molecule has 0 aromatic rings. The van der Waals surface area contributed by atoms with Crippen molar-refractivity contribution in [3.05, 3.63) is 0 Å². The fourth-order valence-corrected chi connectivity index (χ4v) is 2.31. The summed E-state index contributed by atoms with van der Waals surface area (Å²) in [5.41, 5.74) is 0. The molecule has 1 N–H and O–H groups in total. The van der Waals surface area contributed by atoms with E-state index >= 15 is 0 Å². The Morgan fingerprint density at radius 3 is 2.14 bits per heavy atom. The molecular weight excluding hydrogens is 198 g/mol. The zero-order valence-electron chi connectivity index (χ0n) is 9.54. The molecule has 4 heteroatoms. The molecule has 0 aliphatic heterocycles. The van der Waals surface area contributed by atoms with E-state index in [-0.39, 0.29) is 11.8 Å². The van der Waals surface area contributed by atoms with Gasteiger partial charge in [-0.25, -0.2) is 13.1 Å². The molecule has 1 unspecified atom stereocenters. The summed E-state index contributed by atoms with van der Waals surface area (Å²) in [4.78, 5) is 0. The second kappa shape index (κ2) is 7.23. The van der Waals surface area contributed by atoms with Crippen LogP contribution in [0.2, 0.25) is 0 Å². The number of unbranched alkanes of at least 4 members (excludes halogenated alkanes) is 1. The standard InChI is InChI=1S/C10H23NO2S/c1-4-7-9-10(8-5-2)11-14(12,13)6-3/h10-11H,4-9H2,1-3H3.